The second-order valence-electron chi connectivity index (χ2n) is 3.93. The Labute approximate surface area is 108 Å². The monoisotopic (exact) mass is 263 g/mol. The highest BCUT2D eigenvalue weighted by molar-refractivity contribution is 5.94. The third-order valence-electron chi connectivity index (χ3n) is 2.46. The molecule has 0 radical (unpaired) electrons. The van der Waals surface area contributed by atoms with Crippen molar-refractivity contribution >= 4 is 5.91 Å². The number of hydrogen-bond acceptors (Lipinski definition) is 3. The van der Waals surface area contributed by atoms with Crippen molar-refractivity contribution in [2.24, 2.45) is 0 Å². The van der Waals surface area contributed by atoms with E-state index in [9.17, 15) is 13.6 Å². The van der Waals surface area contributed by atoms with Gasteiger partial charge in [-0.15, -0.1) is 0 Å². The molecule has 0 aliphatic carbocycles. The van der Waals surface area contributed by atoms with E-state index < -0.39 is 17.5 Å². The lowest BCUT2D eigenvalue weighted by Crippen LogP contribution is -2.24. The van der Waals surface area contributed by atoms with Gasteiger partial charge >= 0.3 is 0 Å². The van der Waals surface area contributed by atoms with Gasteiger partial charge in [0.1, 0.15) is 0 Å². The summed E-state index contributed by atoms with van der Waals surface area (Å²) in [5.41, 5.74) is 0.960. The minimum absolute atomic E-state index is 0.0993. The van der Waals surface area contributed by atoms with E-state index in [1.807, 2.05) is 0 Å². The van der Waals surface area contributed by atoms with Crippen molar-refractivity contribution in [3.8, 4) is 0 Å². The molecule has 0 unspecified atom stereocenters. The zero-order chi connectivity index (χ0) is 13.8. The lowest BCUT2D eigenvalue weighted by molar-refractivity contribution is 0.0945. The average molecular weight is 263 g/mol. The third kappa shape index (κ3) is 3.09. The Morgan fingerprint density at radius 2 is 2.05 bits per heavy atom. The van der Waals surface area contributed by atoms with Crippen molar-refractivity contribution < 1.29 is 13.6 Å². The molecule has 2 aromatic rings. The molecule has 0 aliphatic heterocycles. The van der Waals surface area contributed by atoms with Crippen molar-refractivity contribution in [2.75, 3.05) is 0 Å². The minimum Gasteiger partial charge on any atom is -0.346 e. The normalized spacial score (nSPS) is 10.3. The van der Waals surface area contributed by atoms with Crippen LogP contribution in [0, 0.1) is 18.6 Å². The summed E-state index contributed by atoms with van der Waals surface area (Å²) in [6.45, 7) is 1.89. The number of aromatic nitrogens is 2. The predicted octanol–water partition coefficient (Wildman–Crippen LogP) is 1.99. The summed E-state index contributed by atoms with van der Waals surface area (Å²) in [6.07, 6.45) is 3.07. The molecule has 0 bridgehead atoms. The predicted molar refractivity (Wildman–Crippen MR) is 64.3 cm³/mol. The first kappa shape index (κ1) is 13.1. The third-order valence-corrected chi connectivity index (χ3v) is 2.46. The molecule has 6 heteroatoms. The molecule has 2 rings (SSSR count). The summed E-state index contributed by atoms with van der Waals surface area (Å²) in [5.74, 6) is -2.91. The fourth-order valence-electron chi connectivity index (χ4n) is 1.46. The van der Waals surface area contributed by atoms with E-state index in [4.69, 9.17) is 0 Å². The Hall–Kier alpha value is -2.37. The smallest absolute Gasteiger partial charge is 0.254 e. The van der Waals surface area contributed by atoms with Gasteiger partial charge in [0.25, 0.3) is 5.91 Å². The first-order valence-corrected chi connectivity index (χ1v) is 5.57. The molecule has 0 fully saturated rings. The Morgan fingerprint density at radius 1 is 1.26 bits per heavy atom. The molecule has 0 saturated heterocycles. The summed E-state index contributed by atoms with van der Waals surface area (Å²) in [4.78, 5) is 19.7. The number of nitrogens with zero attached hydrogens (tertiary/aromatic N) is 2. The Bertz CT molecular complexity index is 599. The number of carbonyl (C=O) groups excluding carboxylic acids is 1. The second kappa shape index (κ2) is 5.51. The number of hydrogen-bond donors (Lipinski definition) is 1. The first-order valence-electron chi connectivity index (χ1n) is 5.57. The Balaban J connectivity index is 2.05. The summed E-state index contributed by atoms with van der Waals surface area (Å²) in [6, 6.07) is 3.45. The van der Waals surface area contributed by atoms with Gasteiger partial charge in [0, 0.05) is 6.20 Å². The molecular weight excluding hydrogens is 252 g/mol. The molecule has 0 saturated carbocycles. The quantitative estimate of drug-likeness (QED) is 0.921. The fraction of sp³-hybridized carbons (Fsp3) is 0.154. The van der Waals surface area contributed by atoms with Crippen molar-refractivity contribution in [1.82, 2.24) is 15.3 Å². The van der Waals surface area contributed by atoms with Crippen LogP contribution in [0.4, 0.5) is 8.78 Å². The number of nitrogens with one attached hydrogen (secondary N) is 1. The number of amides is 1. The van der Waals surface area contributed by atoms with E-state index in [0.29, 0.717) is 5.69 Å². The van der Waals surface area contributed by atoms with E-state index in [2.05, 4.69) is 15.3 Å². The van der Waals surface area contributed by atoms with Gasteiger partial charge in [-0.25, -0.2) is 8.78 Å². The summed E-state index contributed by atoms with van der Waals surface area (Å²) in [7, 11) is 0. The van der Waals surface area contributed by atoms with Crippen molar-refractivity contribution in [3.63, 3.8) is 0 Å². The SMILES string of the molecule is Cc1cnc(CNC(=O)c2cccc(F)c2F)cn1. The van der Waals surface area contributed by atoms with Crippen molar-refractivity contribution in [1.29, 1.82) is 0 Å². The maximum atomic E-state index is 13.4. The second-order valence-corrected chi connectivity index (χ2v) is 3.93. The molecule has 98 valence electrons. The van der Waals surface area contributed by atoms with Gasteiger partial charge in [-0.3, -0.25) is 14.8 Å². The van der Waals surface area contributed by atoms with Crippen LogP contribution < -0.4 is 5.32 Å². The number of carbonyl (C=O) groups is 1. The van der Waals surface area contributed by atoms with Gasteiger partial charge < -0.3 is 5.32 Å². The average Bonchev–Trinajstić information content (AvgIpc) is 2.41. The standard InChI is InChI=1S/C13H11F2N3O/c1-8-5-17-9(6-16-8)7-18-13(19)10-3-2-4-11(14)12(10)15/h2-6H,7H2,1H3,(H,18,19). The maximum absolute atomic E-state index is 13.4. The molecule has 1 amide bonds. The molecule has 1 N–H and O–H groups in total. The van der Waals surface area contributed by atoms with E-state index in [1.54, 1.807) is 13.1 Å². The van der Waals surface area contributed by atoms with Gasteiger partial charge in [-0.1, -0.05) is 6.07 Å². The first-order chi connectivity index (χ1) is 9.08. The Morgan fingerprint density at radius 3 is 2.74 bits per heavy atom. The lowest BCUT2D eigenvalue weighted by atomic mass is 10.2. The van der Waals surface area contributed by atoms with Crippen LogP contribution in [0.2, 0.25) is 0 Å². The zero-order valence-electron chi connectivity index (χ0n) is 10.2. The van der Waals surface area contributed by atoms with Gasteiger partial charge in [0.15, 0.2) is 11.6 Å². The van der Waals surface area contributed by atoms with E-state index in [1.165, 1.54) is 18.3 Å². The molecule has 0 aliphatic rings. The molecular formula is C13H11F2N3O. The number of halogens is 2. The lowest BCUT2D eigenvalue weighted by Gasteiger charge is -2.06. The highest BCUT2D eigenvalue weighted by Crippen LogP contribution is 2.11. The summed E-state index contributed by atoms with van der Waals surface area (Å²) >= 11 is 0. The van der Waals surface area contributed by atoms with Crippen LogP contribution in [0.1, 0.15) is 21.7 Å². The molecule has 1 heterocycles. The van der Waals surface area contributed by atoms with E-state index >= 15 is 0 Å². The van der Waals surface area contributed by atoms with Crippen LogP contribution in [-0.2, 0) is 6.54 Å². The largest absolute Gasteiger partial charge is 0.346 e. The highest BCUT2D eigenvalue weighted by Gasteiger charge is 2.14. The molecule has 1 aromatic heterocycles. The van der Waals surface area contributed by atoms with Crippen LogP contribution in [-0.4, -0.2) is 15.9 Å². The summed E-state index contributed by atoms with van der Waals surface area (Å²) < 4.78 is 26.3. The molecule has 1 aromatic carbocycles. The highest BCUT2D eigenvalue weighted by atomic mass is 19.2. The van der Waals surface area contributed by atoms with Gasteiger partial charge in [0.2, 0.25) is 0 Å². The number of benzene rings is 1. The molecule has 19 heavy (non-hydrogen) atoms. The van der Waals surface area contributed by atoms with Crippen LogP contribution in [0.3, 0.4) is 0 Å². The molecule has 0 spiro atoms. The van der Waals surface area contributed by atoms with Crippen LogP contribution in [0.25, 0.3) is 0 Å². The van der Waals surface area contributed by atoms with Crippen molar-refractivity contribution in [2.45, 2.75) is 13.5 Å². The minimum atomic E-state index is -1.16. The fourth-order valence-corrected chi connectivity index (χ4v) is 1.46. The van der Waals surface area contributed by atoms with Crippen molar-refractivity contribution in [3.05, 3.63) is 59.2 Å². The van der Waals surface area contributed by atoms with Crippen LogP contribution in [0.15, 0.2) is 30.6 Å². The van der Waals surface area contributed by atoms with Gasteiger partial charge in [-0.05, 0) is 19.1 Å². The maximum Gasteiger partial charge on any atom is 0.254 e. The molecule has 4 nitrogen and oxygen atoms in total. The van der Waals surface area contributed by atoms with E-state index in [-0.39, 0.29) is 12.1 Å². The molecule has 0 atom stereocenters. The van der Waals surface area contributed by atoms with Gasteiger partial charge in [-0.2, -0.15) is 0 Å². The van der Waals surface area contributed by atoms with E-state index in [0.717, 1.165) is 11.8 Å². The zero-order valence-corrected chi connectivity index (χ0v) is 10.2. The topological polar surface area (TPSA) is 54.9 Å². The van der Waals surface area contributed by atoms with Crippen LogP contribution in [0.5, 0.6) is 0 Å². The van der Waals surface area contributed by atoms with Gasteiger partial charge in [0.05, 0.1) is 29.7 Å². The Kier molecular flexibility index (Phi) is 3.79. The van der Waals surface area contributed by atoms with Crippen LogP contribution >= 0.6 is 0 Å². The number of rotatable bonds is 3. The number of aryl methyl sites for hydroxylation is 1. The summed E-state index contributed by atoms with van der Waals surface area (Å²) in [5, 5.41) is 2.45.